The lowest BCUT2D eigenvalue weighted by Gasteiger charge is -2.21. The van der Waals surface area contributed by atoms with Gasteiger partial charge in [-0.15, -0.1) is 0 Å². The zero-order chi connectivity index (χ0) is 15.6. The number of benzene rings is 1. The molecule has 21 heavy (non-hydrogen) atoms. The normalized spacial score (nSPS) is 18.4. The van der Waals surface area contributed by atoms with Crippen molar-refractivity contribution in [3.05, 3.63) is 40.3 Å². The topological polar surface area (TPSA) is 57.6 Å². The van der Waals surface area contributed by atoms with E-state index in [1.807, 2.05) is 31.2 Å². The Kier molecular flexibility index (Phi) is 4.80. The van der Waals surface area contributed by atoms with Gasteiger partial charge in [0.25, 0.3) is 5.91 Å². The molecule has 0 bridgehead atoms. The van der Waals surface area contributed by atoms with Crippen molar-refractivity contribution in [2.24, 2.45) is 0 Å². The maximum Gasteiger partial charge on any atom is 0.326 e. The highest BCUT2D eigenvalue weighted by molar-refractivity contribution is 8.26. The van der Waals surface area contributed by atoms with Crippen LogP contribution >= 0.6 is 24.0 Å². The van der Waals surface area contributed by atoms with Crippen LogP contribution < -0.4 is 0 Å². The minimum Gasteiger partial charge on any atom is -0.480 e. The molecular formula is C15H15NO3S2. The molecule has 1 aliphatic heterocycles. The predicted octanol–water partition coefficient (Wildman–Crippen LogP) is 3.06. The van der Waals surface area contributed by atoms with Crippen LogP contribution in [0.4, 0.5) is 0 Å². The Balaban J connectivity index is 2.29. The fraction of sp³-hybridized carbons (Fsp3) is 0.267. The van der Waals surface area contributed by atoms with E-state index in [0.717, 1.165) is 22.9 Å². The van der Waals surface area contributed by atoms with E-state index in [2.05, 4.69) is 0 Å². The van der Waals surface area contributed by atoms with Crippen LogP contribution in [0.1, 0.15) is 24.5 Å². The molecule has 110 valence electrons. The number of hydrogen-bond acceptors (Lipinski definition) is 4. The van der Waals surface area contributed by atoms with Gasteiger partial charge in [0.05, 0.1) is 4.91 Å². The standard InChI is InChI=1S/C15H15NO3S2/c1-3-11(14(18)19)16-13(17)12(21-15(16)20)8-10-6-4-9(2)5-7-10/h4-8,11H,3H2,1-2H3,(H,18,19)/b12-8-. The second-order valence-corrected chi connectivity index (χ2v) is 6.40. The summed E-state index contributed by atoms with van der Waals surface area (Å²) in [5, 5.41) is 9.19. The van der Waals surface area contributed by atoms with E-state index in [1.54, 1.807) is 13.0 Å². The third kappa shape index (κ3) is 3.33. The maximum absolute atomic E-state index is 12.4. The number of rotatable bonds is 4. The summed E-state index contributed by atoms with van der Waals surface area (Å²) in [5.41, 5.74) is 2.03. The molecule has 1 aromatic carbocycles. The summed E-state index contributed by atoms with van der Waals surface area (Å²) >= 11 is 6.30. The van der Waals surface area contributed by atoms with Crippen LogP contribution in [0.25, 0.3) is 6.08 Å². The number of hydrogen-bond donors (Lipinski definition) is 1. The second kappa shape index (κ2) is 6.41. The Hall–Kier alpha value is -1.66. The first-order valence-corrected chi connectivity index (χ1v) is 7.73. The molecule has 1 heterocycles. The molecule has 2 rings (SSSR count). The first kappa shape index (κ1) is 15.7. The quantitative estimate of drug-likeness (QED) is 0.682. The van der Waals surface area contributed by atoms with Gasteiger partial charge in [-0.25, -0.2) is 4.79 Å². The van der Waals surface area contributed by atoms with Crippen LogP contribution in [0.2, 0.25) is 0 Å². The minimum atomic E-state index is -1.04. The Morgan fingerprint density at radius 1 is 1.43 bits per heavy atom. The molecule has 1 amide bonds. The number of carboxylic acid groups (broad SMARTS) is 1. The Labute approximate surface area is 132 Å². The van der Waals surface area contributed by atoms with E-state index < -0.39 is 12.0 Å². The first-order valence-electron chi connectivity index (χ1n) is 6.50. The Bertz CT molecular complexity index is 622. The van der Waals surface area contributed by atoms with Gasteiger partial charge in [0.15, 0.2) is 0 Å². The number of nitrogens with zero attached hydrogens (tertiary/aromatic N) is 1. The fourth-order valence-corrected chi connectivity index (χ4v) is 3.39. The third-order valence-corrected chi connectivity index (χ3v) is 4.51. The molecule has 1 aliphatic rings. The summed E-state index contributed by atoms with van der Waals surface area (Å²) in [5.74, 6) is -1.37. The van der Waals surface area contributed by atoms with E-state index >= 15 is 0 Å². The lowest BCUT2D eigenvalue weighted by Crippen LogP contribution is -2.43. The molecule has 1 saturated heterocycles. The molecule has 6 heteroatoms. The highest BCUT2D eigenvalue weighted by Crippen LogP contribution is 2.34. The summed E-state index contributed by atoms with van der Waals surface area (Å²) in [7, 11) is 0. The van der Waals surface area contributed by atoms with Crippen molar-refractivity contribution in [1.29, 1.82) is 0 Å². The van der Waals surface area contributed by atoms with Crippen molar-refractivity contribution in [2.45, 2.75) is 26.3 Å². The zero-order valence-electron chi connectivity index (χ0n) is 11.7. The molecule has 0 radical (unpaired) electrons. The lowest BCUT2D eigenvalue weighted by atomic mass is 10.1. The number of aliphatic carboxylic acids is 1. The molecule has 1 fully saturated rings. The average Bonchev–Trinajstić information content (AvgIpc) is 2.70. The highest BCUT2D eigenvalue weighted by Gasteiger charge is 2.39. The monoisotopic (exact) mass is 321 g/mol. The molecule has 1 unspecified atom stereocenters. The molecule has 0 aromatic heterocycles. The number of thiocarbonyl (C=S) groups is 1. The number of carbonyl (C=O) groups is 2. The predicted molar refractivity (Wildman–Crippen MR) is 87.9 cm³/mol. The van der Waals surface area contributed by atoms with Gasteiger partial charge in [-0.3, -0.25) is 9.69 Å². The molecule has 1 aromatic rings. The van der Waals surface area contributed by atoms with Gasteiger partial charge in [0.2, 0.25) is 0 Å². The number of carbonyl (C=O) groups excluding carboxylic acids is 1. The highest BCUT2D eigenvalue weighted by atomic mass is 32.2. The van der Waals surface area contributed by atoms with E-state index in [9.17, 15) is 14.7 Å². The van der Waals surface area contributed by atoms with Crippen molar-refractivity contribution in [3.8, 4) is 0 Å². The van der Waals surface area contributed by atoms with Crippen LogP contribution in [0.15, 0.2) is 29.2 Å². The van der Waals surface area contributed by atoms with Crippen molar-refractivity contribution in [2.75, 3.05) is 0 Å². The van der Waals surface area contributed by atoms with Gasteiger partial charge < -0.3 is 5.11 Å². The Morgan fingerprint density at radius 3 is 2.57 bits per heavy atom. The van der Waals surface area contributed by atoms with Crippen molar-refractivity contribution < 1.29 is 14.7 Å². The summed E-state index contributed by atoms with van der Waals surface area (Å²) in [6.45, 7) is 3.71. The number of carboxylic acids is 1. The van der Waals surface area contributed by atoms with Crippen LogP contribution in [-0.4, -0.2) is 32.2 Å². The molecule has 0 aliphatic carbocycles. The van der Waals surface area contributed by atoms with Gasteiger partial charge in [-0.2, -0.15) is 0 Å². The van der Waals surface area contributed by atoms with Gasteiger partial charge >= 0.3 is 5.97 Å². The van der Waals surface area contributed by atoms with Gasteiger partial charge in [-0.05, 0) is 25.0 Å². The summed E-state index contributed by atoms with van der Waals surface area (Å²) in [4.78, 5) is 25.3. The van der Waals surface area contributed by atoms with Crippen molar-refractivity contribution in [3.63, 3.8) is 0 Å². The Morgan fingerprint density at radius 2 is 2.05 bits per heavy atom. The van der Waals surface area contributed by atoms with Crippen LogP contribution in [-0.2, 0) is 9.59 Å². The summed E-state index contributed by atoms with van der Waals surface area (Å²) in [6.07, 6.45) is 2.06. The molecule has 0 saturated carbocycles. The zero-order valence-corrected chi connectivity index (χ0v) is 13.3. The summed E-state index contributed by atoms with van der Waals surface area (Å²) in [6, 6.07) is 6.84. The first-order chi connectivity index (χ1) is 9.93. The third-order valence-electron chi connectivity index (χ3n) is 3.18. The number of amides is 1. The van der Waals surface area contributed by atoms with Crippen LogP contribution in [0.5, 0.6) is 0 Å². The second-order valence-electron chi connectivity index (χ2n) is 4.72. The molecule has 4 nitrogen and oxygen atoms in total. The van der Waals surface area contributed by atoms with Crippen LogP contribution in [0, 0.1) is 6.92 Å². The number of aryl methyl sites for hydroxylation is 1. The lowest BCUT2D eigenvalue weighted by molar-refractivity contribution is -0.145. The number of thioether (sulfide) groups is 1. The SMILES string of the molecule is CCC(C(=O)O)N1C(=O)/C(=C/c2ccc(C)cc2)SC1=S. The van der Waals surface area contributed by atoms with E-state index in [4.69, 9.17) is 12.2 Å². The van der Waals surface area contributed by atoms with E-state index in [1.165, 1.54) is 4.90 Å². The minimum absolute atomic E-state index is 0.299. The molecule has 1 atom stereocenters. The molecular weight excluding hydrogens is 306 g/mol. The molecule has 1 N–H and O–H groups in total. The van der Waals surface area contributed by atoms with Crippen molar-refractivity contribution >= 4 is 46.3 Å². The van der Waals surface area contributed by atoms with E-state index in [0.29, 0.717) is 15.6 Å². The maximum atomic E-state index is 12.4. The van der Waals surface area contributed by atoms with Gasteiger partial charge in [0, 0.05) is 0 Å². The van der Waals surface area contributed by atoms with Gasteiger partial charge in [-0.1, -0.05) is 60.7 Å². The summed E-state index contributed by atoms with van der Waals surface area (Å²) < 4.78 is 0.299. The van der Waals surface area contributed by atoms with Gasteiger partial charge in [0.1, 0.15) is 10.4 Å². The van der Waals surface area contributed by atoms with Crippen LogP contribution in [0.3, 0.4) is 0 Å². The fourth-order valence-electron chi connectivity index (χ4n) is 2.03. The molecule has 0 spiro atoms. The largest absolute Gasteiger partial charge is 0.480 e. The smallest absolute Gasteiger partial charge is 0.326 e. The van der Waals surface area contributed by atoms with E-state index in [-0.39, 0.29) is 5.91 Å². The average molecular weight is 321 g/mol. The van der Waals surface area contributed by atoms with Crippen molar-refractivity contribution in [1.82, 2.24) is 4.90 Å².